The number of carbonyl (C=O) groups is 1. The van der Waals surface area contributed by atoms with E-state index in [0.717, 1.165) is 0 Å². The lowest BCUT2D eigenvalue weighted by molar-refractivity contribution is -0.144. The van der Waals surface area contributed by atoms with Crippen LogP contribution in [0.2, 0.25) is 0 Å². The lowest BCUT2D eigenvalue weighted by Gasteiger charge is -2.02. The third-order valence-corrected chi connectivity index (χ3v) is 1.40. The molecule has 0 radical (unpaired) electrons. The minimum absolute atomic E-state index is 0.454. The van der Waals surface area contributed by atoms with E-state index < -0.39 is 29.9 Å². The monoisotopic (exact) mass is 223 g/mol. The number of aromatic amines is 1. The molecule has 1 amide bonds. The Morgan fingerprint density at radius 3 is 2.60 bits per heavy atom. The number of nitrogens with one attached hydrogen (secondary N) is 2. The molecule has 0 aliphatic heterocycles. The second kappa shape index (κ2) is 3.85. The van der Waals surface area contributed by atoms with E-state index in [1.54, 1.807) is 5.10 Å². The van der Waals surface area contributed by atoms with Crippen molar-refractivity contribution in [2.45, 2.75) is 19.1 Å². The summed E-state index contributed by atoms with van der Waals surface area (Å²) in [5.41, 5.74) is 5.18. The zero-order chi connectivity index (χ0) is 11.6. The Labute approximate surface area is 82.1 Å². The Kier molecular flexibility index (Phi) is 2.93. The molecule has 1 aromatic heterocycles. The van der Waals surface area contributed by atoms with E-state index in [-0.39, 0.29) is 0 Å². The van der Waals surface area contributed by atoms with Crippen molar-refractivity contribution in [3.05, 3.63) is 5.82 Å². The van der Waals surface area contributed by atoms with Crippen molar-refractivity contribution in [2.24, 2.45) is 5.73 Å². The van der Waals surface area contributed by atoms with Crippen LogP contribution in [-0.2, 0) is 11.0 Å². The summed E-state index contributed by atoms with van der Waals surface area (Å²) in [5, 5.41) is 6.83. The first-order chi connectivity index (χ1) is 6.80. The fraction of sp³-hybridized carbons (Fsp3) is 0.500. The Balaban J connectivity index is 2.73. The molecule has 0 aliphatic rings. The van der Waals surface area contributed by atoms with Crippen molar-refractivity contribution in [2.75, 3.05) is 5.32 Å². The van der Waals surface area contributed by atoms with Crippen molar-refractivity contribution in [3.8, 4) is 0 Å². The lowest BCUT2D eigenvalue weighted by atomic mass is 10.3. The first kappa shape index (κ1) is 11.4. The molecular formula is C6H8F3N5O. The highest BCUT2D eigenvalue weighted by molar-refractivity contribution is 5.92. The summed E-state index contributed by atoms with van der Waals surface area (Å²) in [5.74, 6) is -2.39. The molecule has 0 saturated heterocycles. The smallest absolute Gasteiger partial charge is 0.320 e. The topological polar surface area (TPSA) is 96.7 Å². The van der Waals surface area contributed by atoms with Gasteiger partial charge >= 0.3 is 6.18 Å². The summed E-state index contributed by atoms with van der Waals surface area (Å²) in [6, 6.07) is -0.849. The van der Waals surface area contributed by atoms with Gasteiger partial charge in [-0.25, -0.2) is 0 Å². The average Bonchev–Trinajstić information content (AvgIpc) is 2.51. The normalized spacial score (nSPS) is 13.7. The number of alkyl halides is 3. The quantitative estimate of drug-likeness (QED) is 0.662. The van der Waals surface area contributed by atoms with Crippen LogP contribution in [0.4, 0.5) is 19.1 Å². The molecule has 15 heavy (non-hydrogen) atoms. The van der Waals surface area contributed by atoms with E-state index in [1.165, 1.54) is 6.92 Å². The number of aromatic nitrogens is 3. The molecule has 84 valence electrons. The van der Waals surface area contributed by atoms with Gasteiger partial charge in [0.2, 0.25) is 17.7 Å². The molecule has 6 nitrogen and oxygen atoms in total. The predicted molar refractivity (Wildman–Crippen MR) is 43.7 cm³/mol. The molecule has 0 aromatic carbocycles. The van der Waals surface area contributed by atoms with E-state index in [0.29, 0.717) is 0 Å². The van der Waals surface area contributed by atoms with Crippen LogP contribution in [0, 0.1) is 0 Å². The van der Waals surface area contributed by atoms with Crippen molar-refractivity contribution >= 4 is 11.9 Å². The number of nitrogens with zero attached hydrogens (tertiary/aromatic N) is 2. The summed E-state index contributed by atoms with van der Waals surface area (Å²) in [7, 11) is 0. The van der Waals surface area contributed by atoms with Gasteiger partial charge in [0.1, 0.15) is 0 Å². The number of carbonyl (C=O) groups excluding carboxylic acids is 1. The summed E-state index contributed by atoms with van der Waals surface area (Å²) in [6.07, 6.45) is -4.62. The highest BCUT2D eigenvalue weighted by Gasteiger charge is 2.35. The fourth-order valence-electron chi connectivity index (χ4n) is 0.669. The molecule has 1 atom stereocenters. The third-order valence-electron chi connectivity index (χ3n) is 1.40. The van der Waals surface area contributed by atoms with Crippen LogP contribution in [0.15, 0.2) is 0 Å². The Morgan fingerprint density at radius 2 is 2.20 bits per heavy atom. The molecule has 4 N–H and O–H groups in total. The first-order valence-electron chi connectivity index (χ1n) is 3.86. The van der Waals surface area contributed by atoms with E-state index >= 15 is 0 Å². The van der Waals surface area contributed by atoms with Crippen molar-refractivity contribution < 1.29 is 18.0 Å². The number of halogens is 3. The van der Waals surface area contributed by atoms with Gasteiger partial charge in [0.05, 0.1) is 6.04 Å². The van der Waals surface area contributed by atoms with E-state index in [1.807, 2.05) is 5.32 Å². The van der Waals surface area contributed by atoms with Gasteiger partial charge in [0.25, 0.3) is 0 Å². The number of nitrogens with two attached hydrogens (primary N) is 1. The summed E-state index contributed by atoms with van der Waals surface area (Å²) in [4.78, 5) is 14.0. The molecule has 0 spiro atoms. The highest BCUT2D eigenvalue weighted by atomic mass is 19.4. The van der Waals surface area contributed by atoms with Gasteiger partial charge in [-0.15, -0.1) is 5.10 Å². The molecular weight excluding hydrogens is 215 g/mol. The second-order valence-corrected chi connectivity index (χ2v) is 2.78. The van der Waals surface area contributed by atoms with Gasteiger partial charge in [0.15, 0.2) is 0 Å². The SMILES string of the molecule is C[C@H](N)C(=O)Nc1n[nH]c(C(F)(F)F)n1. The standard InChI is InChI=1S/C6H8F3N5O/c1-2(10)3(15)11-5-12-4(13-14-5)6(7,8)9/h2H,10H2,1H3,(H2,11,12,13,14,15)/t2-/m0/s1. The van der Waals surface area contributed by atoms with Crippen LogP contribution < -0.4 is 11.1 Å². The maximum Gasteiger partial charge on any atom is 0.451 e. The molecule has 1 aromatic rings. The summed E-state index contributed by atoms with van der Waals surface area (Å²) < 4.78 is 36.1. The van der Waals surface area contributed by atoms with Crippen LogP contribution >= 0.6 is 0 Å². The van der Waals surface area contributed by atoms with Crippen LogP contribution in [0.3, 0.4) is 0 Å². The van der Waals surface area contributed by atoms with Gasteiger partial charge in [-0.05, 0) is 6.92 Å². The number of amides is 1. The number of hydrogen-bond acceptors (Lipinski definition) is 4. The number of anilines is 1. The van der Waals surface area contributed by atoms with Crippen LogP contribution in [0.25, 0.3) is 0 Å². The second-order valence-electron chi connectivity index (χ2n) is 2.78. The van der Waals surface area contributed by atoms with Crippen LogP contribution in [-0.4, -0.2) is 27.1 Å². The Bertz CT molecular complexity index is 358. The molecule has 1 rings (SSSR count). The molecule has 0 bridgehead atoms. The summed E-state index contributed by atoms with van der Waals surface area (Å²) in [6.45, 7) is 1.38. The molecule has 0 unspecified atom stereocenters. The van der Waals surface area contributed by atoms with Gasteiger partial charge < -0.3 is 5.73 Å². The fourth-order valence-corrected chi connectivity index (χ4v) is 0.669. The lowest BCUT2D eigenvalue weighted by Crippen LogP contribution is -2.32. The van der Waals surface area contributed by atoms with E-state index in [2.05, 4.69) is 10.1 Å². The zero-order valence-electron chi connectivity index (χ0n) is 7.59. The average molecular weight is 223 g/mol. The van der Waals surface area contributed by atoms with Gasteiger partial charge in [-0.3, -0.25) is 15.2 Å². The number of hydrogen-bond donors (Lipinski definition) is 3. The third kappa shape index (κ3) is 2.91. The molecule has 0 aliphatic carbocycles. The van der Waals surface area contributed by atoms with Crippen molar-refractivity contribution in [1.82, 2.24) is 15.2 Å². The zero-order valence-corrected chi connectivity index (χ0v) is 7.59. The van der Waals surface area contributed by atoms with Crippen molar-refractivity contribution in [1.29, 1.82) is 0 Å². The maximum atomic E-state index is 12.0. The van der Waals surface area contributed by atoms with Crippen LogP contribution in [0.1, 0.15) is 12.7 Å². The maximum absolute atomic E-state index is 12.0. The molecule has 0 fully saturated rings. The molecule has 9 heteroatoms. The Morgan fingerprint density at radius 1 is 1.60 bits per heavy atom. The Hall–Kier alpha value is -1.64. The minimum atomic E-state index is -4.62. The van der Waals surface area contributed by atoms with Crippen molar-refractivity contribution in [3.63, 3.8) is 0 Å². The van der Waals surface area contributed by atoms with Crippen LogP contribution in [0.5, 0.6) is 0 Å². The number of rotatable bonds is 2. The van der Waals surface area contributed by atoms with E-state index in [4.69, 9.17) is 5.73 Å². The number of H-pyrrole nitrogens is 1. The molecule has 1 heterocycles. The largest absolute Gasteiger partial charge is 0.451 e. The van der Waals surface area contributed by atoms with Gasteiger partial charge in [-0.1, -0.05) is 0 Å². The first-order valence-corrected chi connectivity index (χ1v) is 3.86. The summed E-state index contributed by atoms with van der Waals surface area (Å²) >= 11 is 0. The predicted octanol–water partition coefficient (Wildman–Crippen LogP) is 0.109. The van der Waals surface area contributed by atoms with Gasteiger partial charge in [0, 0.05) is 0 Å². The highest BCUT2D eigenvalue weighted by Crippen LogP contribution is 2.26. The minimum Gasteiger partial charge on any atom is -0.320 e. The molecule has 0 saturated carbocycles. The van der Waals surface area contributed by atoms with Gasteiger partial charge in [-0.2, -0.15) is 18.2 Å². The van der Waals surface area contributed by atoms with E-state index in [9.17, 15) is 18.0 Å².